The quantitative estimate of drug-likeness (QED) is 0.789. The zero-order chi connectivity index (χ0) is 16.1. The van der Waals surface area contributed by atoms with Gasteiger partial charge >= 0.3 is 0 Å². The first-order valence-electron chi connectivity index (χ1n) is 8.57. The molecule has 2 saturated heterocycles. The summed E-state index contributed by atoms with van der Waals surface area (Å²) in [6.07, 6.45) is 4.85. The Hall–Kier alpha value is -1.36. The summed E-state index contributed by atoms with van der Waals surface area (Å²) in [6, 6.07) is 8.71. The number of benzene rings is 1. The van der Waals surface area contributed by atoms with E-state index in [4.69, 9.17) is 0 Å². The summed E-state index contributed by atoms with van der Waals surface area (Å²) >= 11 is 0. The minimum atomic E-state index is -2.99. The van der Waals surface area contributed by atoms with Crippen LogP contribution in [0.4, 0.5) is 0 Å². The van der Waals surface area contributed by atoms with E-state index in [1.165, 1.54) is 17.5 Å². The van der Waals surface area contributed by atoms with Crippen LogP contribution in [0.25, 0.3) is 0 Å². The molecule has 1 amide bonds. The Morgan fingerprint density at radius 2 is 1.87 bits per heavy atom. The van der Waals surface area contributed by atoms with E-state index in [0.717, 1.165) is 32.4 Å². The number of hydrogen-bond donors (Lipinski definition) is 0. The molecule has 0 radical (unpaired) electrons. The van der Waals surface area contributed by atoms with Gasteiger partial charge in [-0.25, -0.2) is 8.42 Å². The third-order valence-corrected chi connectivity index (χ3v) is 7.84. The second kappa shape index (κ2) is 5.33. The van der Waals surface area contributed by atoms with Crippen molar-refractivity contribution in [2.24, 2.45) is 5.92 Å². The van der Waals surface area contributed by atoms with Crippen LogP contribution in [0.1, 0.15) is 36.8 Å². The van der Waals surface area contributed by atoms with Crippen LogP contribution in [0.3, 0.4) is 0 Å². The molecule has 1 aromatic rings. The van der Waals surface area contributed by atoms with Gasteiger partial charge < -0.3 is 4.90 Å². The largest absolute Gasteiger partial charge is 0.342 e. The van der Waals surface area contributed by atoms with E-state index in [1.54, 1.807) is 0 Å². The van der Waals surface area contributed by atoms with Crippen molar-refractivity contribution in [1.29, 1.82) is 0 Å². The molecule has 2 heterocycles. The Kier molecular flexibility index (Phi) is 3.52. The molecule has 3 aliphatic rings. The maximum absolute atomic E-state index is 12.6. The molecule has 0 bridgehead atoms. The molecule has 1 aliphatic carbocycles. The topological polar surface area (TPSA) is 54.5 Å². The summed E-state index contributed by atoms with van der Waals surface area (Å²) in [5.41, 5.74) is 3.19. The highest BCUT2D eigenvalue weighted by Crippen LogP contribution is 2.46. The molecule has 0 saturated carbocycles. The summed E-state index contributed by atoms with van der Waals surface area (Å²) in [4.78, 5) is 14.5. The fraction of sp³-hybridized carbons (Fsp3) is 0.611. The minimum absolute atomic E-state index is 0.0519. The molecule has 23 heavy (non-hydrogen) atoms. The molecule has 0 unspecified atom stereocenters. The number of piperidine rings is 1. The van der Waals surface area contributed by atoms with Gasteiger partial charge in [0.1, 0.15) is 0 Å². The summed E-state index contributed by atoms with van der Waals surface area (Å²) in [7, 11) is -2.99. The predicted octanol–water partition coefficient (Wildman–Crippen LogP) is 1.93. The van der Waals surface area contributed by atoms with Crippen molar-refractivity contribution in [3.05, 3.63) is 35.4 Å². The van der Waals surface area contributed by atoms with Gasteiger partial charge in [0.15, 0.2) is 9.84 Å². The van der Waals surface area contributed by atoms with Crippen LogP contribution in [0.15, 0.2) is 24.3 Å². The first-order chi connectivity index (χ1) is 11.0. The number of sulfone groups is 1. The number of carbonyl (C=O) groups excluding carboxylic acids is 1. The lowest BCUT2D eigenvalue weighted by molar-refractivity contribution is -0.136. The summed E-state index contributed by atoms with van der Waals surface area (Å²) in [5, 5.41) is 0. The smallest absolute Gasteiger partial charge is 0.226 e. The van der Waals surface area contributed by atoms with Gasteiger partial charge in [0.25, 0.3) is 0 Å². The van der Waals surface area contributed by atoms with Crippen LogP contribution in [0, 0.1) is 5.92 Å². The molecule has 1 spiro atoms. The minimum Gasteiger partial charge on any atom is -0.342 e. The monoisotopic (exact) mass is 333 g/mol. The predicted molar refractivity (Wildman–Crippen MR) is 89.0 cm³/mol. The molecular weight excluding hydrogens is 310 g/mol. The SMILES string of the molecule is O=C([C@H]1CCS(=O)(=O)C1)N1CCC2(CCc3ccccc32)CC1. The Morgan fingerprint density at radius 1 is 1.13 bits per heavy atom. The highest BCUT2D eigenvalue weighted by atomic mass is 32.2. The summed E-state index contributed by atoms with van der Waals surface area (Å²) < 4.78 is 23.2. The average molecular weight is 333 g/mol. The van der Waals surface area contributed by atoms with Gasteiger partial charge in [-0.1, -0.05) is 24.3 Å². The van der Waals surface area contributed by atoms with Gasteiger partial charge in [0, 0.05) is 13.1 Å². The Balaban J connectivity index is 1.45. The fourth-order valence-corrected chi connectivity index (χ4v) is 6.42. The summed E-state index contributed by atoms with van der Waals surface area (Å²) in [6.45, 7) is 1.54. The van der Waals surface area contributed by atoms with Gasteiger partial charge in [-0.05, 0) is 48.6 Å². The third-order valence-electron chi connectivity index (χ3n) is 6.08. The zero-order valence-electron chi connectivity index (χ0n) is 13.3. The molecule has 124 valence electrons. The van der Waals surface area contributed by atoms with E-state index in [1.807, 2.05) is 4.90 Å². The van der Waals surface area contributed by atoms with Crippen LogP contribution in [0.5, 0.6) is 0 Å². The van der Waals surface area contributed by atoms with Crippen molar-refractivity contribution in [3.8, 4) is 0 Å². The Labute approximate surface area is 137 Å². The molecule has 2 fully saturated rings. The number of nitrogens with zero attached hydrogens (tertiary/aromatic N) is 1. The molecule has 2 aliphatic heterocycles. The number of hydrogen-bond acceptors (Lipinski definition) is 3. The van der Waals surface area contributed by atoms with Crippen molar-refractivity contribution in [2.45, 2.75) is 37.5 Å². The summed E-state index contributed by atoms with van der Waals surface area (Å²) in [5.74, 6) is -0.0117. The fourth-order valence-electron chi connectivity index (χ4n) is 4.69. The molecule has 0 N–H and O–H groups in total. The van der Waals surface area contributed by atoms with Crippen LogP contribution in [-0.2, 0) is 26.5 Å². The molecule has 1 aromatic carbocycles. The number of rotatable bonds is 1. The first kappa shape index (κ1) is 15.2. The van der Waals surface area contributed by atoms with Gasteiger partial charge in [-0.3, -0.25) is 4.79 Å². The number of aryl methyl sites for hydroxylation is 1. The molecule has 1 atom stereocenters. The highest BCUT2D eigenvalue weighted by Gasteiger charge is 2.43. The standard InChI is InChI=1S/C18H23NO3S/c20-17(15-6-12-23(21,22)13-15)19-10-8-18(9-11-19)7-5-14-3-1-2-4-16(14)18/h1-4,15H,5-13H2/t15-/m0/s1. The number of likely N-dealkylation sites (tertiary alicyclic amines) is 1. The normalized spacial score (nSPS) is 28.0. The average Bonchev–Trinajstić information content (AvgIpc) is 3.09. The van der Waals surface area contributed by atoms with Crippen LogP contribution >= 0.6 is 0 Å². The number of carbonyl (C=O) groups is 1. The molecule has 4 nitrogen and oxygen atoms in total. The van der Waals surface area contributed by atoms with Gasteiger partial charge in [0.2, 0.25) is 5.91 Å². The number of fused-ring (bicyclic) bond motifs is 2. The second-order valence-electron chi connectivity index (χ2n) is 7.36. The van der Waals surface area contributed by atoms with Crippen molar-refractivity contribution in [2.75, 3.05) is 24.6 Å². The van der Waals surface area contributed by atoms with Crippen molar-refractivity contribution in [3.63, 3.8) is 0 Å². The van der Waals surface area contributed by atoms with Crippen molar-refractivity contribution < 1.29 is 13.2 Å². The van der Waals surface area contributed by atoms with Gasteiger partial charge in [-0.2, -0.15) is 0 Å². The number of amides is 1. The van der Waals surface area contributed by atoms with E-state index in [-0.39, 0.29) is 28.7 Å². The lowest BCUT2D eigenvalue weighted by Gasteiger charge is -2.41. The van der Waals surface area contributed by atoms with E-state index in [2.05, 4.69) is 24.3 Å². The molecule has 4 rings (SSSR count). The lowest BCUT2D eigenvalue weighted by atomic mass is 9.73. The maximum atomic E-state index is 12.6. The van der Waals surface area contributed by atoms with Crippen molar-refractivity contribution in [1.82, 2.24) is 4.90 Å². The van der Waals surface area contributed by atoms with E-state index >= 15 is 0 Å². The Bertz CT molecular complexity index is 732. The molecule has 5 heteroatoms. The highest BCUT2D eigenvalue weighted by molar-refractivity contribution is 7.91. The van der Waals surface area contributed by atoms with E-state index in [9.17, 15) is 13.2 Å². The maximum Gasteiger partial charge on any atom is 0.226 e. The molecule has 0 aromatic heterocycles. The van der Waals surface area contributed by atoms with Gasteiger partial charge in [0.05, 0.1) is 17.4 Å². The van der Waals surface area contributed by atoms with E-state index < -0.39 is 9.84 Å². The molecular formula is C18H23NO3S. The van der Waals surface area contributed by atoms with Gasteiger partial charge in [-0.15, -0.1) is 0 Å². The first-order valence-corrected chi connectivity index (χ1v) is 10.4. The third kappa shape index (κ3) is 2.59. The van der Waals surface area contributed by atoms with Crippen molar-refractivity contribution >= 4 is 15.7 Å². The lowest BCUT2D eigenvalue weighted by Crippen LogP contribution is -2.46. The second-order valence-corrected chi connectivity index (χ2v) is 9.59. The van der Waals surface area contributed by atoms with Crippen LogP contribution < -0.4 is 0 Å². The van der Waals surface area contributed by atoms with Crippen LogP contribution in [0.2, 0.25) is 0 Å². The zero-order valence-corrected chi connectivity index (χ0v) is 14.1. The Morgan fingerprint density at radius 3 is 2.57 bits per heavy atom. The van der Waals surface area contributed by atoms with E-state index in [0.29, 0.717) is 6.42 Å². The van der Waals surface area contributed by atoms with Crippen LogP contribution in [-0.4, -0.2) is 43.8 Å².